The average Bonchev–Trinajstić information content (AvgIpc) is 2.60. The van der Waals surface area contributed by atoms with Crippen LogP contribution in [0.1, 0.15) is 41.6 Å². The van der Waals surface area contributed by atoms with Crippen LogP contribution in [0, 0.1) is 13.8 Å². The number of rotatable bonds is 8. The van der Waals surface area contributed by atoms with Crippen molar-refractivity contribution >= 4 is 15.9 Å². The quantitative estimate of drug-likeness (QED) is 0.754. The number of carbonyl (C=O) groups excluding carboxylic acids is 1. The Kier molecular flexibility index (Phi) is 7.16. The molecule has 1 N–H and O–H groups in total. The van der Waals surface area contributed by atoms with Crippen LogP contribution in [0.25, 0.3) is 0 Å². The summed E-state index contributed by atoms with van der Waals surface area (Å²) in [5.41, 5.74) is 4.19. The summed E-state index contributed by atoms with van der Waals surface area (Å²) in [5, 5.41) is 2.99. The molecule has 0 saturated heterocycles. The smallest absolute Gasteiger partial charge is 0.235 e. The van der Waals surface area contributed by atoms with Gasteiger partial charge >= 0.3 is 0 Å². The predicted molar refractivity (Wildman–Crippen MR) is 109 cm³/mol. The maximum atomic E-state index is 12.6. The molecule has 0 aliphatic heterocycles. The maximum Gasteiger partial charge on any atom is 0.235 e. The molecule has 0 fully saturated rings. The Morgan fingerprint density at radius 3 is 2.33 bits per heavy atom. The fourth-order valence-corrected chi connectivity index (χ4v) is 3.83. The first-order valence-corrected chi connectivity index (χ1v) is 10.9. The summed E-state index contributed by atoms with van der Waals surface area (Å²) in [6.07, 6.45) is 1.86. The molecule has 0 aliphatic rings. The lowest BCUT2D eigenvalue weighted by atomic mass is 9.97. The van der Waals surface area contributed by atoms with Gasteiger partial charge in [0.25, 0.3) is 0 Å². The molecule has 0 heterocycles. The molecule has 2 rings (SSSR count). The van der Waals surface area contributed by atoms with Crippen LogP contribution in [0.3, 0.4) is 0 Å². The number of aryl methyl sites for hydroxylation is 2. The van der Waals surface area contributed by atoms with Gasteiger partial charge in [0.2, 0.25) is 15.9 Å². The van der Waals surface area contributed by atoms with Crippen molar-refractivity contribution in [1.82, 2.24) is 9.62 Å². The maximum absolute atomic E-state index is 12.6. The summed E-state index contributed by atoms with van der Waals surface area (Å²) in [4.78, 5) is 12.6. The first-order valence-electron chi connectivity index (χ1n) is 9.06. The summed E-state index contributed by atoms with van der Waals surface area (Å²) in [6.45, 7) is 6.03. The van der Waals surface area contributed by atoms with Crippen LogP contribution < -0.4 is 5.32 Å². The largest absolute Gasteiger partial charge is 0.348 e. The lowest BCUT2D eigenvalue weighted by molar-refractivity contribution is -0.122. The van der Waals surface area contributed by atoms with E-state index in [-0.39, 0.29) is 25.0 Å². The molecule has 0 radical (unpaired) electrons. The van der Waals surface area contributed by atoms with Crippen LogP contribution in [0.2, 0.25) is 0 Å². The van der Waals surface area contributed by atoms with Gasteiger partial charge in [-0.1, -0.05) is 61.0 Å². The van der Waals surface area contributed by atoms with Gasteiger partial charge in [-0.2, -0.15) is 4.31 Å². The van der Waals surface area contributed by atoms with Crippen molar-refractivity contribution in [2.75, 3.05) is 12.8 Å². The van der Waals surface area contributed by atoms with Crippen molar-refractivity contribution in [1.29, 1.82) is 0 Å². The van der Waals surface area contributed by atoms with Crippen molar-refractivity contribution in [2.45, 2.75) is 39.8 Å². The van der Waals surface area contributed by atoms with E-state index in [4.69, 9.17) is 0 Å². The fourth-order valence-electron chi connectivity index (χ4n) is 3.09. The van der Waals surface area contributed by atoms with E-state index in [0.717, 1.165) is 29.4 Å². The van der Waals surface area contributed by atoms with E-state index in [0.29, 0.717) is 0 Å². The Labute approximate surface area is 162 Å². The number of nitrogens with one attached hydrogen (secondary N) is 1. The molecule has 0 aliphatic carbocycles. The molecule has 0 spiro atoms. The van der Waals surface area contributed by atoms with Gasteiger partial charge in [-0.3, -0.25) is 4.79 Å². The molecule has 0 saturated carbocycles. The molecule has 2 aromatic carbocycles. The monoisotopic (exact) mass is 388 g/mol. The Morgan fingerprint density at radius 1 is 1.11 bits per heavy atom. The highest BCUT2D eigenvalue weighted by atomic mass is 32.2. The second-order valence-corrected chi connectivity index (χ2v) is 8.89. The minimum atomic E-state index is -3.51. The van der Waals surface area contributed by atoms with E-state index in [1.165, 1.54) is 9.87 Å². The predicted octanol–water partition coefficient (Wildman–Crippen LogP) is 3.33. The number of benzene rings is 2. The van der Waals surface area contributed by atoms with Crippen molar-refractivity contribution in [3.05, 3.63) is 70.8 Å². The standard InChI is InChI=1S/C21H28N2O3S/c1-5-20(19-12-11-16(2)13-17(19)3)22-21(24)15-23(27(4,25)26)14-18-9-7-6-8-10-18/h6-13,20H,5,14-15H2,1-4H3,(H,22,24). The fraction of sp³-hybridized carbons (Fsp3) is 0.381. The summed E-state index contributed by atoms with van der Waals surface area (Å²) in [6, 6.07) is 15.3. The summed E-state index contributed by atoms with van der Waals surface area (Å²) in [5.74, 6) is -0.303. The molecular weight excluding hydrogens is 360 g/mol. The molecule has 1 amide bonds. The highest BCUT2D eigenvalue weighted by Crippen LogP contribution is 2.21. The van der Waals surface area contributed by atoms with E-state index >= 15 is 0 Å². The lowest BCUT2D eigenvalue weighted by Crippen LogP contribution is -2.41. The molecule has 6 heteroatoms. The van der Waals surface area contributed by atoms with Crippen molar-refractivity contribution in [3.63, 3.8) is 0 Å². The van der Waals surface area contributed by atoms with Gasteiger partial charge in [0.15, 0.2) is 0 Å². The van der Waals surface area contributed by atoms with Gasteiger partial charge in [0, 0.05) is 6.54 Å². The number of nitrogens with zero attached hydrogens (tertiary/aromatic N) is 1. The zero-order chi connectivity index (χ0) is 20.0. The van der Waals surface area contributed by atoms with Crippen LogP contribution >= 0.6 is 0 Å². The molecule has 1 atom stereocenters. The van der Waals surface area contributed by atoms with Crippen LogP contribution in [0.5, 0.6) is 0 Å². The Hall–Kier alpha value is -2.18. The Balaban J connectivity index is 2.12. The number of hydrogen-bond acceptors (Lipinski definition) is 3. The minimum Gasteiger partial charge on any atom is -0.348 e. The molecular formula is C21H28N2O3S. The van der Waals surface area contributed by atoms with Gasteiger partial charge in [0.05, 0.1) is 18.8 Å². The first kappa shape index (κ1) is 21.1. The van der Waals surface area contributed by atoms with Crippen molar-refractivity contribution in [2.24, 2.45) is 0 Å². The van der Waals surface area contributed by atoms with E-state index in [1.54, 1.807) is 0 Å². The number of amides is 1. The zero-order valence-corrected chi connectivity index (χ0v) is 17.2. The normalized spacial score (nSPS) is 12.8. The molecule has 5 nitrogen and oxygen atoms in total. The van der Waals surface area contributed by atoms with Gasteiger partial charge in [-0.05, 0) is 37.0 Å². The Morgan fingerprint density at radius 2 is 1.78 bits per heavy atom. The van der Waals surface area contributed by atoms with Crippen LogP contribution in [0.4, 0.5) is 0 Å². The molecule has 146 valence electrons. The second-order valence-electron chi connectivity index (χ2n) is 6.91. The van der Waals surface area contributed by atoms with E-state index in [2.05, 4.69) is 11.4 Å². The van der Waals surface area contributed by atoms with Crippen LogP contribution in [0.15, 0.2) is 48.5 Å². The van der Waals surface area contributed by atoms with Crippen LogP contribution in [-0.2, 0) is 21.4 Å². The van der Waals surface area contributed by atoms with Gasteiger partial charge in [-0.15, -0.1) is 0 Å². The van der Waals surface area contributed by atoms with Gasteiger partial charge in [0.1, 0.15) is 0 Å². The van der Waals surface area contributed by atoms with Gasteiger partial charge in [-0.25, -0.2) is 8.42 Å². The highest BCUT2D eigenvalue weighted by Gasteiger charge is 2.22. The first-order chi connectivity index (χ1) is 12.7. The highest BCUT2D eigenvalue weighted by molar-refractivity contribution is 7.88. The third-order valence-corrected chi connectivity index (χ3v) is 5.73. The van der Waals surface area contributed by atoms with Crippen molar-refractivity contribution in [3.8, 4) is 0 Å². The third kappa shape index (κ3) is 6.19. The lowest BCUT2D eigenvalue weighted by Gasteiger charge is -2.23. The topological polar surface area (TPSA) is 66.5 Å². The van der Waals surface area contributed by atoms with E-state index in [9.17, 15) is 13.2 Å². The zero-order valence-electron chi connectivity index (χ0n) is 16.4. The second kappa shape index (κ2) is 9.15. The molecule has 0 bridgehead atoms. The summed E-state index contributed by atoms with van der Waals surface area (Å²) < 4.78 is 25.5. The van der Waals surface area contributed by atoms with E-state index < -0.39 is 10.0 Å². The number of hydrogen-bond donors (Lipinski definition) is 1. The van der Waals surface area contributed by atoms with E-state index in [1.807, 2.05) is 63.2 Å². The Bertz CT molecular complexity index is 880. The molecule has 1 unspecified atom stereocenters. The molecule has 0 aromatic heterocycles. The number of carbonyl (C=O) groups is 1. The summed E-state index contributed by atoms with van der Waals surface area (Å²) in [7, 11) is -3.51. The SMILES string of the molecule is CCC(NC(=O)CN(Cc1ccccc1)S(C)(=O)=O)c1ccc(C)cc1C. The number of sulfonamides is 1. The molecule has 2 aromatic rings. The average molecular weight is 389 g/mol. The van der Waals surface area contributed by atoms with Crippen LogP contribution in [-0.4, -0.2) is 31.4 Å². The third-order valence-electron chi connectivity index (χ3n) is 4.53. The molecule has 27 heavy (non-hydrogen) atoms. The minimum absolute atomic E-state index is 0.142. The van der Waals surface area contributed by atoms with Gasteiger partial charge < -0.3 is 5.32 Å². The summed E-state index contributed by atoms with van der Waals surface area (Å²) >= 11 is 0. The van der Waals surface area contributed by atoms with Crippen molar-refractivity contribution < 1.29 is 13.2 Å².